The topological polar surface area (TPSA) is 12.4 Å². The number of rotatable bonds is 1. The molecule has 0 amide bonds. The third-order valence-corrected chi connectivity index (χ3v) is 0.204. The van der Waals surface area contributed by atoms with Crippen LogP contribution in [0.4, 0.5) is 0 Å². The average molecular weight is 226 g/mol. The summed E-state index contributed by atoms with van der Waals surface area (Å²) in [6, 6.07) is 0. The molecule has 0 spiro atoms. The summed E-state index contributed by atoms with van der Waals surface area (Å²) < 4.78 is 0. The summed E-state index contributed by atoms with van der Waals surface area (Å²) in [5.41, 5.74) is 0. The Labute approximate surface area is 69.0 Å². The van der Waals surface area contributed by atoms with E-state index in [1.807, 2.05) is 0 Å². The second kappa shape index (κ2) is 9.20. The zero-order valence-corrected chi connectivity index (χ0v) is 5.57. The molecule has 1 radical (unpaired) electrons. The van der Waals surface area contributed by atoms with Crippen molar-refractivity contribution in [2.75, 3.05) is 0 Å². The molecule has 0 aromatic heterocycles. The molecule has 0 saturated heterocycles. The number of hydrogen-bond donors (Lipinski definition) is 0. The van der Waals surface area contributed by atoms with Gasteiger partial charge in [-0.05, 0) is 0 Å². The third kappa shape index (κ3) is 8.83. The van der Waals surface area contributed by atoms with E-state index >= 15 is 0 Å². The molecule has 0 unspecified atom stereocenters. The summed E-state index contributed by atoms with van der Waals surface area (Å²) in [4.78, 5) is 3.12. The van der Waals surface area contributed by atoms with Gasteiger partial charge < -0.3 is 17.3 Å². The number of allylic oxidation sites excluding steroid dienone is 1. The molecule has 0 aliphatic heterocycles. The summed E-state index contributed by atoms with van der Waals surface area (Å²) in [5.74, 6) is 0. The SMILES string of the molecule is [CH-]=NC=[C-]C.[Tb]. The fourth-order valence-corrected chi connectivity index (χ4v) is 0.0745. The summed E-state index contributed by atoms with van der Waals surface area (Å²) in [6.45, 7) is 6.38. The van der Waals surface area contributed by atoms with Crippen LogP contribution >= 0.6 is 0 Å². The van der Waals surface area contributed by atoms with Crippen molar-refractivity contribution in [2.45, 2.75) is 6.92 Å². The second-order valence-corrected chi connectivity index (χ2v) is 0.567. The molecular weight excluding hydrogens is 221 g/mol. The Hall–Kier alpha value is 0.696. The normalized spacial score (nSPS) is 7.50. The smallest absolute Gasteiger partial charge is 0 e. The average Bonchev–Trinajstić information content (AvgIpc) is 1.41. The van der Waals surface area contributed by atoms with Gasteiger partial charge in [-0.15, -0.1) is 0 Å². The Kier molecular flexibility index (Phi) is 15.1. The molecule has 0 rings (SSSR count). The number of aliphatic imine (C=N–C) groups is 1. The number of nitrogens with zero attached hydrogens (tertiary/aromatic N) is 1. The second-order valence-electron chi connectivity index (χ2n) is 0.567. The molecule has 37 valence electrons. The minimum absolute atomic E-state index is 0. The molecule has 1 nitrogen and oxygen atoms in total. The first-order valence-electron chi connectivity index (χ1n) is 1.31. The zero-order chi connectivity index (χ0) is 4.12. The Morgan fingerprint density at radius 1 is 1.83 bits per heavy atom. The predicted molar refractivity (Wildman–Crippen MR) is 22.0 cm³/mol. The van der Waals surface area contributed by atoms with Crippen molar-refractivity contribution in [3.8, 4) is 0 Å². The first kappa shape index (κ1) is 9.85. The quantitative estimate of drug-likeness (QED) is 0.465. The molecule has 6 heavy (non-hydrogen) atoms. The van der Waals surface area contributed by atoms with Crippen molar-refractivity contribution < 1.29 is 38.6 Å². The Morgan fingerprint density at radius 2 is 2.33 bits per heavy atom. The molecule has 0 aromatic carbocycles. The third-order valence-electron chi connectivity index (χ3n) is 0.204. The molecule has 0 aliphatic rings. The van der Waals surface area contributed by atoms with Gasteiger partial charge in [0, 0.05) is 38.6 Å². The maximum Gasteiger partial charge on any atom is 0 e. The van der Waals surface area contributed by atoms with E-state index in [2.05, 4.69) is 17.8 Å². The van der Waals surface area contributed by atoms with Crippen LogP contribution in [0.2, 0.25) is 0 Å². The monoisotopic (exact) mass is 226 g/mol. The van der Waals surface area contributed by atoms with E-state index in [0.29, 0.717) is 0 Å². The zero-order valence-electron chi connectivity index (χ0n) is 3.44. The standard InChI is InChI=1S/C4H5N.Tb/c1-3-4-5-2;/h2,4H,1H3;/q-2;. The van der Waals surface area contributed by atoms with Crippen LogP contribution in [0.1, 0.15) is 6.92 Å². The van der Waals surface area contributed by atoms with Crippen LogP contribution < -0.4 is 0 Å². The van der Waals surface area contributed by atoms with Gasteiger partial charge in [0.05, 0.1) is 0 Å². The van der Waals surface area contributed by atoms with Gasteiger partial charge in [-0.2, -0.15) is 6.72 Å². The Balaban J connectivity index is 0. The summed E-state index contributed by atoms with van der Waals surface area (Å²) in [5, 5.41) is 0. The van der Waals surface area contributed by atoms with Gasteiger partial charge in [-0.1, -0.05) is 0 Å². The predicted octanol–water partition coefficient (Wildman–Crippen LogP) is 0.901. The molecule has 0 bridgehead atoms. The van der Waals surface area contributed by atoms with Crippen LogP contribution in [0.5, 0.6) is 0 Å². The van der Waals surface area contributed by atoms with Gasteiger partial charge in [0.15, 0.2) is 0 Å². The van der Waals surface area contributed by atoms with Crippen LogP contribution in [-0.2, 0) is 0 Å². The minimum atomic E-state index is 0. The van der Waals surface area contributed by atoms with Gasteiger partial charge >= 0.3 is 0 Å². The van der Waals surface area contributed by atoms with Crippen LogP contribution in [0.3, 0.4) is 0 Å². The molecule has 0 heterocycles. The van der Waals surface area contributed by atoms with Crippen molar-refractivity contribution in [3.63, 3.8) is 0 Å². The van der Waals surface area contributed by atoms with Crippen molar-refractivity contribution in [1.82, 2.24) is 0 Å². The van der Waals surface area contributed by atoms with Gasteiger partial charge in [0.25, 0.3) is 0 Å². The minimum Gasteiger partial charge on any atom is -0.587 e. The van der Waals surface area contributed by atoms with Gasteiger partial charge in [-0.25, -0.2) is 6.92 Å². The van der Waals surface area contributed by atoms with Crippen molar-refractivity contribution in [1.29, 1.82) is 0 Å². The molecule has 0 saturated carbocycles. The van der Waals surface area contributed by atoms with E-state index in [1.165, 1.54) is 6.20 Å². The summed E-state index contributed by atoms with van der Waals surface area (Å²) >= 11 is 0. The molecule has 0 N–H and O–H groups in total. The Morgan fingerprint density at radius 3 is 2.33 bits per heavy atom. The fraction of sp³-hybridized carbons (Fsp3) is 0.250. The fourth-order valence-electron chi connectivity index (χ4n) is 0.0745. The largest absolute Gasteiger partial charge is 0.587 e. The van der Waals surface area contributed by atoms with E-state index in [0.717, 1.165) is 0 Å². The van der Waals surface area contributed by atoms with E-state index < -0.39 is 0 Å². The molecule has 0 aromatic rings. The molecular formula is C4H5NTb-2. The van der Waals surface area contributed by atoms with E-state index in [1.54, 1.807) is 6.92 Å². The van der Waals surface area contributed by atoms with Gasteiger partial charge in [0.1, 0.15) is 0 Å². The Bertz CT molecular complexity index is 49.5. The van der Waals surface area contributed by atoms with E-state index in [9.17, 15) is 0 Å². The van der Waals surface area contributed by atoms with Gasteiger partial charge in [-0.3, -0.25) is 0 Å². The van der Waals surface area contributed by atoms with Crippen LogP contribution in [-0.4, -0.2) is 6.72 Å². The first-order chi connectivity index (χ1) is 2.41. The van der Waals surface area contributed by atoms with Crippen LogP contribution in [0.15, 0.2) is 11.2 Å². The van der Waals surface area contributed by atoms with Crippen molar-refractivity contribution in [2.24, 2.45) is 4.99 Å². The molecule has 0 aliphatic carbocycles. The first-order valence-corrected chi connectivity index (χ1v) is 1.31. The van der Waals surface area contributed by atoms with Crippen molar-refractivity contribution in [3.05, 3.63) is 12.3 Å². The summed E-state index contributed by atoms with van der Waals surface area (Å²) in [6.07, 6.45) is 4.00. The van der Waals surface area contributed by atoms with Crippen molar-refractivity contribution >= 4 is 6.72 Å². The number of hydrogen-bond acceptors (Lipinski definition) is 1. The van der Waals surface area contributed by atoms with E-state index in [4.69, 9.17) is 0 Å². The van der Waals surface area contributed by atoms with Gasteiger partial charge in [0.2, 0.25) is 0 Å². The summed E-state index contributed by atoms with van der Waals surface area (Å²) in [7, 11) is 0. The maximum atomic E-state index is 4.65. The maximum absolute atomic E-state index is 4.65. The van der Waals surface area contributed by atoms with Crippen LogP contribution in [0, 0.1) is 44.7 Å². The molecule has 0 fully saturated rings. The molecule has 0 atom stereocenters. The molecule has 2 heteroatoms. The van der Waals surface area contributed by atoms with E-state index in [-0.39, 0.29) is 38.6 Å². The van der Waals surface area contributed by atoms with Crippen LogP contribution in [0.25, 0.3) is 0 Å².